The Bertz CT molecular complexity index is 475. The van der Waals surface area contributed by atoms with Crippen LogP contribution in [0.15, 0.2) is 45.3 Å². The molecule has 0 spiro atoms. The van der Waals surface area contributed by atoms with E-state index in [1.807, 2.05) is 36.4 Å². The highest BCUT2D eigenvalue weighted by atomic mass is 79.9. The van der Waals surface area contributed by atoms with Gasteiger partial charge in [0.25, 0.3) is 0 Å². The van der Waals surface area contributed by atoms with Gasteiger partial charge >= 0.3 is 0 Å². The van der Waals surface area contributed by atoms with Gasteiger partial charge in [-0.15, -0.1) is 0 Å². The van der Waals surface area contributed by atoms with Gasteiger partial charge in [0.1, 0.15) is 11.5 Å². The van der Waals surface area contributed by atoms with Crippen LogP contribution in [0, 0.1) is 0 Å². The molecule has 2 N–H and O–H groups in total. The molecule has 3 heteroatoms. The van der Waals surface area contributed by atoms with Crippen LogP contribution in [0.5, 0.6) is 0 Å². The third kappa shape index (κ3) is 3.20. The van der Waals surface area contributed by atoms with Crippen molar-refractivity contribution in [3.05, 3.63) is 46.6 Å². The van der Waals surface area contributed by atoms with Gasteiger partial charge in [-0.05, 0) is 30.7 Å². The van der Waals surface area contributed by atoms with E-state index in [1.165, 1.54) is 0 Å². The van der Waals surface area contributed by atoms with Crippen LogP contribution in [0.4, 0.5) is 0 Å². The van der Waals surface area contributed by atoms with Crippen LogP contribution >= 0.6 is 15.9 Å². The second kappa shape index (κ2) is 5.52. The van der Waals surface area contributed by atoms with E-state index in [-0.39, 0.29) is 6.04 Å². The maximum atomic E-state index is 5.91. The molecule has 2 aromatic rings. The third-order valence-electron chi connectivity index (χ3n) is 2.78. The number of benzene rings is 1. The quantitative estimate of drug-likeness (QED) is 0.926. The van der Waals surface area contributed by atoms with Gasteiger partial charge in [0.05, 0.1) is 0 Å². The molecule has 0 aliphatic carbocycles. The van der Waals surface area contributed by atoms with E-state index in [4.69, 9.17) is 10.2 Å². The molecule has 0 amide bonds. The summed E-state index contributed by atoms with van der Waals surface area (Å²) in [6.07, 6.45) is 1.77. The number of halogens is 1. The van der Waals surface area contributed by atoms with Crippen molar-refractivity contribution in [1.29, 1.82) is 0 Å². The lowest BCUT2D eigenvalue weighted by Gasteiger charge is -2.05. The summed E-state index contributed by atoms with van der Waals surface area (Å²) in [4.78, 5) is 0. The Hall–Kier alpha value is -1.06. The highest BCUT2D eigenvalue weighted by Gasteiger charge is 2.07. The highest BCUT2D eigenvalue weighted by molar-refractivity contribution is 9.10. The van der Waals surface area contributed by atoms with Gasteiger partial charge in [0.2, 0.25) is 0 Å². The molecule has 2 nitrogen and oxygen atoms in total. The second-order valence-corrected chi connectivity index (χ2v) is 5.06. The standard InChI is InChI=1S/C14H16BrNO/c1-2-12(16)9-13-7-8-14(17-13)10-3-5-11(15)6-4-10/h3-8,12H,2,9,16H2,1H3. The molecule has 0 fully saturated rings. The molecule has 1 heterocycles. The molecular formula is C14H16BrNO. The van der Waals surface area contributed by atoms with Crippen molar-refractivity contribution in [2.24, 2.45) is 5.73 Å². The molecule has 0 saturated heterocycles. The molecule has 1 aromatic carbocycles. The molecule has 0 aliphatic heterocycles. The van der Waals surface area contributed by atoms with E-state index in [9.17, 15) is 0 Å². The number of hydrogen-bond acceptors (Lipinski definition) is 2. The van der Waals surface area contributed by atoms with E-state index < -0.39 is 0 Å². The minimum atomic E-state index is 0.180. The van der Waals surface area contributed by atoms with E-state index in [0.29, 0.717) is 0 Å². The van der Waals surface area contributed by atoms with Crippen molar-refractivity contribution in [3.8, 4) is 11.3 Å². The average Bonchev–Trinajstić information content (AvgIpc) is 2.78. The molecule has 90 valence electrons. The van der Waals surface area contributed by atoms with Crippen molar-refractivity contribution < 1.29 is 4.42 Å². The Balaban J connectivity index is 2.15. The van der Waals surface area contributed by atoms with Crippen LogP contribution in [0.25, 0.3) is 11.3 Å². The Morgan fingerprint density at radius 1 is 1.18 bits per heavy atom. The molecular weight excluding hydrogens is 278 g/mol. The minimum absolute atomic E-state index is 0.180. The zero-order valence-corrected chi connectivity index (χ0v) is 11.4. The number of hydrogen-bond donors (Lipinski definition) is 1. The molecule has 0 aliphatic rings. The fourth-order valence-electron chi connectivity index (χ4n) is 1.66. The van der Waals surface area contributed by atoms with Gasteiger partial charge in [-0.2, -0.15) is 0 Å². The smallest absolute Gasteiger partial charge is 0.134 e. The molecule has 1 atom stereocenters. The maximum absolute atomic E-state index is 5.91. The predicted octanol–water partition coefficient (Wildman–Crippen LogP) is 3.99. The number of rotatable bonds is 4. The molecule has 1 unspecified atom stereocenters. The van der Waals surface area contributed by atoms with Crippen molar-refractivity contribution in [3.63, 3.8) is 0 Å². The second-order valence-electron chi connectivity index (χ2n) is 4.15. The highest BCUT2D eigenvalue weighted by Crippen LogP contribution is 2.24. The molecule has 0 saturated carbocycles. The zero-order chi connectivity index (χ0) is 12.3. The van der Waals surface area contributed by atoms with Gasteiger partial charge < -0.3 is 10.2 Å². The lowest BCUT2D eigenvalue weighted by molar-refractivity contribution is 0.490. The van der Waals surface area contributed by atoms with Crippen LogP contribution in [0.1, 0.15) is 19.1 Å². The third-order valence-corrected chi connectivity index (χ3v) is 3.31. The van der Waals surface area contributed by atoms with Gasteiger partial charge in [0.15, 0.2) is 0 Å². The Morgan fingerprint density at radius 3 is 2.53 bits per heavy atom. The largest absolute Gasteiger partial charge is 0.461 e. The first-order chi connectivity index (χ1) is 8.19. The monoisotopic (exact) mass is 293 g/mol. The summed E-state index contributed by atoms with van der Waals surface area (Å²) in [5.41, 5.74) is 6.99. The van der Waals surface area contributed by atoms with Crippen LogP contribution in [0.2, 0.25) is 0 Å². The van der Waals surface area contributed by atoms with Gasteiger partial charge in [0, 0.05) is 22.5 Å². The summed E-state index contributed by atoms with van der Waals surface area (Å²) >= 11 is 3.42. The molecule has 0 radical (unpaired) electrons. The SMILES string of the molecule is CCC(N)Cc1ccc(-c2ccc(Br)cc2)o1. The topological polar surface area (TPSA) is 39.2 Å². The molecule has 2 rings (SSSR count). The fraction of sp³-hybridized carbons (Fsp3) is 0.286. The minimum Gasteiger partial charge on any atom is -0.461 e. The van der Waals surface area contributed by atoms with Crippen LogP contribution in [-0.4, -0.2) is 6.04 Å². The summed E-state index contributed by atoms with van der Waals surface area (Å²) in [5, 5.41) is 0. The first-order valence-corrected chi connectivity index (χ1v) is 6.58. The lowest BCUT2D eigenvalue weighted by Crippen LogP contribution is -2.20. The Morgan fingerprint density at radius 2 is 1.88 bits per heavy atom. The summed E-state index contributed by atoms with van der Waals surface area (Å²) < 4.78 is 6.86. The molecule has 0 bridgehead atoms. The Kier molecular flexibility index (Phi) is 4.02. The first-order valence-electron chi connectivity index (χ1n) is 5.79. The number of nitrogens with two attached hydrogens (primary N) is 1. The Labute approximate surface area is 110 Å². The van der Waals surface area contributed by atoms with Crippen LogP contribution in [0.3, 0.4) is 0 Å². The van der Waals surface area contributed by atoms with E-state index >= 15 is 0 Å². The lowest BCUT2D eigenvalue weighted by atomic mass is 10.1. The van der Waals surface area contributed by atoms with E-state index in [1.54, 1.807) is 0 Å². The molecule has 17 heavy (non-hydrogen) atoms. The van der Waals surface area contributed by atoms with E-state index in [0.717, 1.165) is 34.4 Å². The number of furan rings is 1. The van der Waals surface area contributed by atoms with Gasteiger partial charge in [-0.3, -0.25) is 0 Å². The van der Waals surface area contributed by atoms with Gasteiger partial charge in [-0.25, -0.2) is 0 Å². The van der Waals surface area contributed by atoms with Gasteiger partial charge in [-0.1, -0.05) is 35.0 Å². The fourth-order valence-corrected chi connectivity index (χ4v) is 1.92. The molecule has 1 aromatic heterocycles. The van der Waals surface area contributed by atoms with Crippen LogP contribution in [-0.2, 0) is 6.42 Å². The summed E-state index contributed by atoms with van der Waals surface area (Å²) in [5.74, 6) is 1.85. The predicted molar refractivity (Wildman–Crippen MR) is 73.8 cm³/mol. The maximum Gasteiger partial charge on any atom is 0.134 e. The summed E-state index contributed by atoms with van der Waals surface area (Å²) in [6, 6.07) is 12.3. The summed E-state index contributed by atoms with van der Waals surface area (Å²) in [6.45, 7) is 2.09. The first kappa shape index (κ1) is 12.4. The van der Waals surface area contributed by atoms with Crippen LogP contribution < -0.4 is 5.73 Å². The van der Waals surface area contributed by atoms with Crippen molar-refractivity contribution in [2.45, 2.75) is 25.8 Å². The van der Waals surface area contributed by atoms with E-state index in [2.05, 4.69) is 22.9 Å². The average molecular weight is 294 g/mol. The summed E-state index contributed by atoms with van der Waals surface area (Å²) in [7, 11) is 0. The van der Waals surface area contributed by atoms with Crippen molar-refractivity contribution in [1.82, 2.24) is 0 Å². The normalized spacial score (nSPS) is 12.6. The zero-order valence-electron chi connectivity index (χ0n) is 9.82. The van der Waals surface area contributed by atoms with Crippen molar-refractivity contribution in [2.75, 3.05) is 0 Å². The van der Waals surface area contributed by atoms with Crippen molar-refractivity contribution >= 4 is 15.9 Å².